The van der Waals surface area contributed by atoms with Crippen molar-refractivity contribution in [2.24, 2.45) is 0 Å². The molecule has 1 aromatic carbocycles. The number of fused-ring (bicyclic) bond motifs is 1. The Balaban J connectivity index is 2.23. The molecule has 0 spiro atoms. The largest absolute Gasteiger partial charge is 0.312 e. The highest BCUT2D eigenvalue weighted by atomic mass is 79.9. The van der Waals surface area contributed by atoms with E-state index in [-0.39, 0.29) is 5.56 Å². The van der Waals surface area contributed by atoms with Gasteiger partial charge in [0.1, 0.15) is 0 Å². The molecule has 0 atom stereocenters. The number of halogens is 1. The van der Waals surface area contributed by atoms with E-state index in [0.717, 1.165) is 28.1 Å². The summed E-state index contributed by atoms with van der Waals surface area (Å²) >= 11 is 3.42. The SMILES string of the molecule is O=c1c2ccc(Br)cc2ccn1C1CCC1. The van der Waals surface area contributed by atoms with Gasteiger partial charge in [0.2, 0.25) is 0 Å². The molecule has 2 nitrogen and oxygen atoms in total. The van der Waals surface area contributed by atoms with Crippen LogP contribution in [0.15, 0.2) is 39.7 Å². The van der Waals surface area contributed by atoms with Crippen LogP contribution in [-0.4, -0.2) is 4.57 Å². The van der Waals surface area contributed by atoms with Crippen molar-refractivity contribution in [1.82, 2.24) is 4.57 Å². The van der Waals surface area contributed by atoms with Crippen LogP contribution in [0.3, 0.4) is 0 Å². The summed E-state index contributed by atoms with van der Waals surface area (Å²) in [5.74, 6) is 0. The van der Waals surface area contributed by atoms with Crippen molar-refractivity contribution in [3.05, 3.63) is 45.3 Å². The summed E-state index contributed by atoms with van der Waals surface area (Å²) in [6, 6.07) is 8.27. The van der Waals surface area contributed by atoms with Gasteiger partial charge in [0, 0.05) is 22.1 Å². The van der Waals surface area contributed by atoms with Crippen LogP contribution < -0.4 is 5.56 Å². The zero-order valence-corrected chi connectivity index (χ0v) is 10.4. The molecule has 1 aromatic heterocycles. The maximum atomic E-state index is 12.2. The minimum Gasteiger partial charge on any atom is -0.312 e. The van der Waals surface area contributed by atoms with E-state index in [2.05, 4.69) is 15.9 Å². The standard InChI is InChI=1S/C13H12BrNO/c14-10-4-5-12-9(8-10)6-7-15(13(12)16)11-2-1-3-11/h4-8,11H,1-3H2. The lowest BCUT2D eigenvalue weighted by molar-refractivity contribution is 0.307. The van der Waals surface area contributed by atoms with Crippen molar-refractivity contribution in [2.45, 2.75) is 25.3 Å². The van der Waals surface area contributed by atoms with Gasteiger partial charge in [0.05, 0.1) is 0 Å². The average molecular weight is 278 g/mol. The molecule has 1 fully saturated rings. The third-order valence-corrected chi connectivity index (χ3v) is 3.85. The zero-order chi connectivity index (χ0) is 11.1. The first kappa shape index (κ1) is 10.1. The minimum absolute atomic E-state index is 0.148. The van der Waals surface area contributed by atoms with Gasteiger partial charge in [-0.3, -0.25) is 4.79 Å². The highest BCUT2D eigenvalue weighted by Crippen LogP contribution is 2.30. The van der Waals surface area contributed by atoms with E-state index in [9.17, 15) is 4.79 Å². The van der Waals surface area contributed by atoms with E-state index in [0.29, 0.717) is 6.04 Å². The zero-order valence-electron chi connectivity index (χ0n) is 8.82. The second-order valence-electron chi connectivity index (χ2n) is 4.34. The summed E-state index contributed by atoms with van der Waals surface area (Å²) in [5, 5.41) is 1.83. The highest BCUT2D eigenvalue weighted by molar-refractivity contribution is 9.10. The van der Waals surface area contributed by atoms with E-state index in [1.54, 1.807) is 0 Å². The molecule has 3 rings (SSSR count). The first-order valence-electron chi connectivity index (χ1n) is 5.56. The first-order valence-corrected chi connectivity index (χ1v) is 6.35. The van der Waals surface area contributed by atoms with Crippen molar-refractivity contribution >= 4 is 26.7 Å². The van der Waals surface area contributed by atoms with Crippen molar-refractivity contribution in [3.63, 3.8) is 0 Å². The number of aromatic nitrogens is 1. The molecule has 1 aliphatic carbocycles. The molecular formula is C13H12BrNO. The van der Waals surface area contributed by atoms with Gasteiger partial charge >= 0.3 is 0 Å². The van der Waals surface area contributed by atoms with E-state index >= 15 is 0 Å². The number of hydrogen-bond acceptors (Lipinski definition) is 1. The molecule has 2 aromatic rings. The molecule has 0 unspecified atom stereocenters. The van der Waals surface area contributed by atoms with Crippen LogP contribution >= 0.6 is 15.9 Å². The van der Waals surface area contributed by atoms with Crippen LogP contribution in [0.4, 0.5) is 0 Å². The van der Waals surface area contributed by atoms with Gasteiger partial charge in [0.15, 0.2) is 0 Å². The second-order valence-corrected chi connectivity index (χ2v) is 5.26. The Morgan fingerprint density at radius 2 is 2.06 bits per heavy atom. The summed E-state index contributed by atoms with van der Waals surface area (Å²) in [4.78, 5) is 12.2. The fourth-order valence-corrected chi connectivity index (χ4v) is 2.56. The van der Waals surface area contributed by atoms with E-state index in [1.165, 1.54) is 6.42 Å². The van der Waals surface area contributed by atoms with Crippen LogP contribution in [-0.2, 0) is 0 Å². The molecule has 0 aliphatic heterocycles. The van der Waals surface area contributed by atoms with E-state index in [1.807, 2.05) is 35.0 Å². The van der Waals surface area contributed by atoms with Crippen LogP contribution in [0.5, 0.6) is 0 Å². The van der Waals surface area contributed by atoms with E-state index < -0.39 is 0 Å². The van der Waals surface area contributed by atoms with Gasteiger partial charge in [-0.1, -0.05) is 15.9 Å². The number of benzene rings is 1. The van der Waals surface area contributed by atoms with Crippen LogP contribution in [0.25, 0.3) is 10.8 Å². The summed E-state index contributed by atoms with van der Waals surface area (Å²) in [5.41, 5.74) is 0.148. The lowest BCUT2D eigenvalue weighted by atomic mass is 9.92. The summed E-state index contributed by atoms with van der Waals surface area (Å²) in [6.07, 6.45) is 5.46. The third kappa shape index (κ3) is 1.50. The number of pyridine rings is 1. The van der Waals surface area contributed by atoms with Crippen molar-refractivity contribution in [1.29, 1.82) is 0 Å². The first-order chi connectivity index (χ1) is 7.75. The Hall–Kier alpha value is -1.09. The van der Waals surface area contributed by atoms with Crippen molar-refractivity contribution in [2.75, 3.05) is 0 Å². The number of nitrogens with zero attached hydrogens (tertiary/aromatic N) is 1. The predicted octanol–water partition coefficient (Wildman–Crippen LogP) is 3.49. The molecule has 0 saturated heterocycles. The lowest BCUT2D eigenvalue weighted by Gasteiger charge is -2.27. The number of hydrogen-bond donors (Lipinski definition) is 0. The Labute approximate surface area is 102 Å². The second kappa shape index (κ2) is 3.74. The van der Waals surface area contributed by atoms with Gasteiger partial charge in [-0.05, 0) is 48.9 Å². The molecule has 3 heteroatoms. The summed E-state index contributed by atoms with van der Waals surface area (Å²) in [7, 11) is 0. The Morgan fingerprint density at radius 1 is 1.25 bits per heavy atom. The van der Waals surface area contributed by atoms with Gasteiger partial charge in [0.25, 0.3) is 5.56 Å². The molecule has 0 radical (unpaired) electrons. The smallest absolute Gasteiger partial charge is 0.258 e. The third-order valence-electron chi connectivity index (χ3n) is 3.36. The monoisotopic (exact) mass is 277 g/mol. The molecule has 1 saturated carbocycles. The molecule has 1 aliphatic rings. The Morgan fingerprint density at radius 3 is 2.75 bits per heavy atom. The quantitative estimate of drug-likeness (QED) is 0.782. The molecule has 82 valence electrons. The van der Waals surface area contributed by atoms with E-state index in [4.69, 9.17) is 0 Å². The Kier molecular flexibility index (Phi) is 2.36. The fraction of sp³-hybridized carbons (Fsp3) is 0.308. The predicted molar refractivity (Wildman–Crippen MR) is 68.8 cm³/mol. The number of rotatable bonds is 1. The minimum atomic E-state index is 0.148. The average Bonchev–Trinajstić information content (AvgIpc) is 2.19. The van der Waals surface area contributed by atoms with Crippen LogP contribution in [0.2, 0.25) is 0 Å². The lowest BCUT2D eigenvalue weighted by Crippen LogP contribution is -2.28. The van der Waals surface area contributed by atoms with Gasteiger partial charge in [-0.2, -0.15) is 0 Å². The molecule has 0 N–H and O–H groups in total. The normalized spacial score (nSPS) is 16.3. The summed E-state index contributed by atoms with van der Waals surface area (Å²) in [6.45, 7) is 0. The van der Waals surface area contributed by atoms with Crippen LogP contribution in [0, 0.1) is 0 Å². The molecule has 1 heterocycles. The van der Waals surface area contributed by atoms with Crippen molar-refractivity contribution in [3.8, 4) is 0 Å². The molecule has 0 bridgehead atoms. The summed E-state index contributed by atoms with van der Waals surface area (Å²) < 4.78 is 2.90. The van der Waals surface area contributed by atoms with Crippen LogP contribution in [0.1, 0.15) is 25.3 Å². The maximum Gasteiger partial charge on any atom is 0.258 e. The van der Waals surface area contributed by atoms with Gasteiger partial charge in [-0.15, -0.1) is 0 Å². The highest BCUT2D eigenvalue weighted by Gasteiger charge is 2.20. The fourth-order valence-electron chi connectivity index (χ4n) is 2.19. The van der Waals surface area contributed by atoms with Gasteiger partial charge in [-0.25, -0.2) is 0 Å². The maximum absolute atomic E-state index is 12.2. The topological polar surface area (TPSA) is 22.0 Å². The molecular weight excluding hydrogens is 266 g/mol. The molecule has 0 amide bonds. The Bertz CT molecular complexity index is 598. The van der Waals surface area contributed by atoms with Gasteiger partial charge < -0.3 is 4.57 Å². The van der Waals surface area contributed by atoms with Crippen molar-refractivity contribution < 1.29 is 0 Å². The molecule has 16 heavy (non-hydrogen) atoms.